The Labute approximate surface area is 207 Å². The number of allylic oxidation sites excluding steroid dienone is 1. The molecule has 10 unspecified atom stereocenters. The summed E-state index contributed by atoms with van der Waals surface area (Å²) >= 11 is 0. The van der Waals surface area contributed by atoms with Gasteiger partial charge in [0.2, 0.25) is 0 Å². The fourth-order valence-electron chi connectivity index (χ4n) is 8.38. The van der Waals surface area contributed by atoms with E-state index < -0.39 is 57.8 Å². The first-order valence-electron chi connectivity index (χ1n) is 13.1. The van der Waals surface area contributed by atoms with Crippen LogP contribution in [0.25, 0.3) is 0 Å². The van der Waals surface area contributed by atoms with Gasteiger partial charge in [0.1, 0.15) is 0 Å². The second-order valence-corrected chi connectivity index (χ2v) is 13.1. The smallest absolute Gasteiger partial charge is 0.159 e. The molecule has 0 aliphatic heterocycles. The van der Waals surface area contributed by atoms with Crippen LogP contribution >= 0.6 is 0 Å². The molecule has 0 aromatic carbocycles. The standard InChI is InChI=1S/C27H44O8/c1-23(2,33)8-7-22(32)25(4,34)21-6-10-27(35)16-11-18(29)17-12-19(30)20(31)13-26(17,14-28)15(16)5-9-24(21,27)3/h11,15,17,19-22,28,30-35H,5-10,12-14H2,1-4H3. The number of aliphatic hydroxyl groups excluding tert-OH is 4. The van der Waals surface area contributed by atoms with Gasteiger partial charge in [0.15, 0.2) is 5.78 Å². The minimum Gasteiger partial charge on any atom is -0.396 e. The molecular weight excluding hydrogens is 452 g/mol. The van der Waals surface area contributed by atoms with Crippen LogP contribution in [0.4, 0.5) is 0 Å². The van der Waals surface area contributed by atoms with E-state index in [4.69, 9.17) is 0 Å². The maximum Gasteiger partial charge on any atom is 0.159 e. The fourth-order valence-corrected chi connectivity index (χ4v) is 8.38. The van der Waals surface area contributed by atoms with Crippen molar-refractivity contribution in [2.75, 3.05) is 6.61 Å². The third-order valence-electron chi connectivity index (χ3n) is 10.6. The van der Waals surface area contributed by atoms with Crippen molar-refractivity contribution in [3.05, 3.63) is 11.6 Å². The van der Waals surface area contributed by atoms with Crippen LogP contribution in [0.2, 0.25) is 0 Å². The van der Waals surface area contributed by atoms with Gasteiger partial charge in [-0.1, -0.05) is 6.92 Å². The van der Waals surface area contributed by atoms with Crippen LogP contribution in [0.3, 0.4) is 0 Å². The number of ketones is 1. The Morgan fingerprint density at radius 1 is 1.09 bits per heavy atom. The van der Waals surface area contributed by atoms with Crippen molar-refractivity contribution in [3.8, 4) is 0 Å². The van der Waals surface area contributed by atoms with Gasteiger partial charge in [-0.05, 0) is 95.6 Å². The SMILES string of the molecule is CC(C)(O)CCC(O)C(C)(O)C1CCC2(O)C3=CC(=O)C4CC(O)C(O)CC4(CO)C3CCC12C. The van der Waals surface area contributed by atoms with Crippen molar-refractivity contribution in [1.82, 2.24) is 0 Å². The Hall–Kier alpha value is -0.870. The van der Waals surface area contributed by atoms with E-state index in [0.29, 0.717) is 37.7 Å². The molecule has 4 aliphatic carbocycles. The monoisotopic (exact) mass is 496 g/mol. The van der Waals surface area contributed by atoms with E-state index in [-0.39, 0.29) is 37.6 Å². The minimum atomic E-state index is -1.51. The molecule has 0 spiro atoms. The molecule has 0 saturated heterocycles. The molecule has 3 saturated carbocycles. The molecule has 4 aliphatic rings. The zero-order valence-corrected chi connectivity index (χ0v) is 21.4. The molecule has 0 bridgehead atoms. The van der Waals surface area contributed by atoms with Gasteiger partial charge < -0.3 is 35.7 Å². The maximum atomic E-state index is 13.3. The zero-order valence-electron chi connectivity index (χ0n) is 21.4. The molecule has 8 nitrogen and oxygen atoms in total. The third kappa shape index (κ3) is 3.95. The molecule has 200 valence electrons. The van der Waals surface area contributed by atoms with Crippen LogP contribution in [0.5, 0.6) is 0 Å². The number of rotatable bonds is 6. The largest absolute Gasteiger partial charge is 0.396 e. The highest BCUT2D eigenvalue weighted by atomic mass is 16.3. The summed E-state index contributed by atoms with van der Waals surface area (Å²) in [6.07, 6.45) is 0.889. The van der Waals surface area contributed by atoms with E-state index in [0.717, 1.165) is 0 Å². The van der Waals surface area contributed by atoms with Gasteiger partial charge in [0, 0.05) is 16.7 Å². The highest BCUT2D eigenvalue weighted by Crippen LogP contribution is 2.68. The van der Waals surface area contributed by atoms with Crippen molar-refractivity contribution < 1.29 is 40.5 Å². The normalized spacial score (nSPS) is 46.2. The summed E-state index contributed by atoms with van der Waals surface area (Å²) in [5.74, 6) is -1.62. The minimum absolute atomic E-state index is 0.0846. The Bertz CT molecular complexity index is 877. The van der Waals surface area contributed by atoms with Crippen LogP contribution in [0, 0.1) is 28.6 Å². The van der Waals surface area contributed by atoms with Crippen LogP contribution in [-0.4, -0.2) is 83.3 Å². The molecule has 0 aromatic rings. The van der Waals surface area contributed by atoms with Crippen LogP contribution in [-0.2, 0) is 4.79 Å². The fraction of sp³-hybridized carbons (Fsp3) is 0.889. The first-order valence-corrected chi connectivity index (χ1v) is 13.1. The van der Waals surface area contributed by atoms with Crippen LogP contribution in [0.15, 0.2) is 11.6 Å². The van der Waals surface area contributed by atoms with Crippen molar-refractivity contribution in [2.24, 2.45) is 28.6 Å². The molecule has 8 heteroatoms. The first kappa shape index (κ1) is 27.2. The van der Waals surface area contributed by atoms with Crippen LogP contribution in [0.1, 0.15) is 79.1 Å². The lowest BCUT2D eigenvalue weighted by molar-refractivity contribution is -0.183. The molecule has 0 radical (unpaired) electrons. The Morgan fingerprint density at radius 2 is 1.74 bits per heavy atom. The number of hydrogen-bond donors (Lipinski definition) is 7. The summed E-state index contributed by atoms with van der Waals surface area (Å²) < 4.78 is 0. The molecular formula is C27H44O8. The highest BCUT2D eigenvalue weighted by Gasteiger charge is 2.69. The topological polar surface area (TPSA) is 159 Å². The number of carbonyl (C=O) groups is 1. The Kier molecular flexibility index (Phi) is 6.66. The predicted octanol–water partition coefficient (Wildman–Crippen LogP) is 0.826. The van der Waals surface area contributed by atoms with Gasteiger partial charge in [0.05, 0.1) is 41.7 Å². The summed E-state index contributed by atoms with van der Waals surface area (Å²) in [5, 5.41) is 76.1. The van der Waals surface area contributed by atoms with Gasteiger partial charge in [-0.2, -0.15) is 0 Å². The van der Waals surface area contributed by atoms with Crippen molar-refractivity contribution in [3.63, 3.8) is 0 Å². The first-order chi connectivity index (χ1) is 16.0. The van der Waals surface area contributed by atoms with Crippen LogP contribution < -0.4 is 0 Å². The quantitative estimate of drug-likeness (QED) is 0.285. The van der Waals surface area contributed by atoms with Crippen molar-refractivity contribution in [1.29, 1.82) is 0 Å². The summed E-state index contributed by atoms with van der Waals surface area (Å²) in [4.78, 5) is 13.3. The number of hydrogen-bond acceptors (Lipinski definition) is 8. The average Bonchev–Trinajstić information content (AvgIpc) is 3.05. The lowest BCUT2D eigenvalue weighted by Gasteiger charge is -2.61. The number of carbonyl (C=O) groups excluding carboxylic acids is 1. The lowest BCUT2D eigenvalue weighted by Crippen LogP contribution is -2.64. The maximum absolute atomic E-state index is 13.3. The van der Waals surface area contributed by atoms with E-state index in [1.807, 2.05) is 6.92 Å². The van der Waals surface area contributed by atoms with Gasteiger partial charge in [0.25, 0.3) is 0 Å². The molecule has 10 atom stereocenters. The van der Waals surface area contributed by atoms with E-state index >= 15 is 0 Å². The highest BCUT2D eigenvalue weighted by molar-refractivity contribution is 5.95. The second kappa shape index (κ2) is 8.58. The van der Waals surface area contributed by atoms with Gasteiger partial charge in [-0.25, -0.2) is 0 Å². The molecule has 0 aromatic heterocycles. The van der Waals surface area contributed by atoms with E-state index in [1.165, 1.54) is 6.08 Å². The van der Waals surface area contributed by atoms with Gasteiger partial charge in [-0.15, -0.1) is 0 Å². The van der Waals surface area contributed by atoms with Gasteiger partial charge in [-0.3, -0.25) is 4.79 Å². The predicted molar refractivity (Wildman–Crippen MR) is 128 cm³/mol. The Morgan fingerprint density at radius 3 is 2.34 bits per heavy atom. The van der Waals surface area contributed by atoms with Crippen molar-refractivity contribution in [2.45, 2.75) is 114 Å². The van der Waals surface area contributed by atoms with Gasteiger partial charge >= 0.3 is 0 Å². The summed E-state index contributed by atoms with van der Waals surface area (Å²) in [7, 11) is 0. The second-order valence-electron chi connectivity index (χ2n) is 13.1. The Balaban J connectivity index is 1.69. The molecule has 35 heavy (non-hydrogen) atoms. The molecule has 7 N–H and O–H groups in total. The number of aliphatic hydroxyl groups is 7. The van der Waals surface area contributed by atoms with E-state index in [2.05, 4.69) is 0 Å². The number of fused-ring (bicyclic) bond motifs is 5. The molecule has 0 heterocycles. The van der Waals surface area contributed by atoms with Crippen molar-refractivity contribution >= 4 is 5.78 Å². The molecule has 4 rings (SSSR count). The molecule has 3 fully saturated rings. The third-order valence-corrected chi connectivity index (χ3v) is 10.6. The average molecular weight is 497 g/mol. The summed E-state index contributed by atoms with van der Waals surface area (Å²) in [6, 6.07) is 0. The lowest BCUT2D eigenvalue weighted by atomic mass is 9.45. The molecule has 0 amide bonds. The zero-order chi connectivity index (χ0) is 26.2. The summed E-state index contributed by atoms with van der Waals surface area (Å²) in [5.41, 5.74) is -5.08. The summed E-state index contributed by atoms with van der Waals surface area (Å²) in [6.45, 7) is 6.51. The van der Waals surface area contributed by atoms with E-state index in [9.17, 15) is 40.5 Å². The van der Waals surface area contributed by atoms with E-state index in [1.54, 1.807) is 20.8 Å².